The molecule has 0 bridgehead atoms. The molecule has 0 aliphatic heterocycles. The maximum absolute atomic E-state index is 10.9. The van der Waals surface area contributed by atoms with Crippen molar-refractivity contribution in [2.24, 2.45) is 0 Å². The molecule has 0 aliphatic carbocycles. The Morgan fingerprint density at radius 3 is 2.53 bits per heavy atom. The highest BCUT2D eigenvalue weighted by Crippen LogP contribution is 2.19. The van der Waals surface area contributed by atoms with Gasteiger partial charge in [-0.05, 0) is 38.2 Å². The Morgan fingerprint density at radius 2 is 2.07 bits per heavy atom. The number of hydrogen-bond acceptors (Lipinski definition) is 2. The standard InChI is InChI=1S/C12H16ClNO/c1-9(15)6-10-4-5-11(8-14(2)3)12(13)7-10/h4-5,7H,6,8H2,1-3H3. The van der Waals surface area contributed by atoms with Crippen molar-refractivity contribution >= 4 is 17.4 Å². The Balaban J connectivity index is 2.83. The molecular weight excluding hydrogens is 210 g/mol. The molecule has 1 rings (SSSR count). The zero-order chi connectivity index (χ0) is 11.4. The zero-order valence-corrected chi connectivity index (χ0v) is 10.1. The lowest BCUT2D eigenvalue weighted by Gasteiger charge is -2.11. The summed E-state index contributed by atoms with van der Waals surface area (Å²) in [6, 6.07) is 5.83. The van der Waals surface area contributed by atoms with Gasteiger partial charge in [0.05, 0.1) is 0 Å². The number of carbonyl (C=O) groups excluding carboxylic acids is 1. The molecule has 0 aromatic heterocycles. The van der Waals surface area contributed by atoms with E-state index in [2.05, 4.69) is 4.90 Å². The molecule has 0 radical (unpaired) electrons. The van der Waals surface area contributed by atoms with Gasteiger partial charge in [0, 0.05) is 18.0 Å². The van der Waals surface area contributed by atoms with Crippen LogP contribution < -0.4 is 0 Å². The van der Waals surface area contributed by atoms with Crippen molar-refractivity contribution in [1.29, 1.82) is 0 Å². The van der Waals surface area contributed by atoms with Gasteiger partial charge in [-0.15, -0.1) is 0 Å². The normalized spacial score (nSPS) is 10.7. The molecular formula is C12H16ClNO. The van der Waals surface area contributed by atoms with Crippen LogP contribution in [-0.4, -0.2) is 24.8 Å². The summed E-state index contributed by atoms with van der Waals surface area (Å²) in [5.74, 6) is 0.159. The van der Waals surface area contributed by atoms with Crippen molar-refractivity contribution < 1.29 is 4.79 Å². The Bertz CT molecular complexity index is 361. The first-order valence-corrected chi connectivity index (χ1v) is 5.28. The number of benzene rings is 1. The number of carbonyl (C=O) groups is 1. The largest absolute Gasteiger partial charge is 0.305 e. The van der Waals surface area contributed by atoms with Gasteiger partial charge < -0.3 is 4.90 Å². The van der Waals surface area contributed by atoms with Crippen LogP contribution in [0.5, 0.6) is 0 Å². The van der Waals surface area contributed by atoms with Gasteiger partial charge in [-0.1, -0.05) is 23.7 Å². The van der Waals surface area contributed by atoms with Crippen molar-refractivity contribution in [3.8, 4) is 0 Å². The molecule has 2 nitrogen and oxygen atoms in total. The Kier molecular flexibility index (Phi) is 4.30. The van der Waals surface area contributed by atoms with Crippen LogP contribution in [0.3, 0.4) is 0 Å². The maximum Gasteiger partial charge on any atom is 0.134 e. The number of nitrogens with zero attached hydrogens (tertiary/aromatic N) is 1. The van der Waals surface area contributed by atoms with Crippen molar-refractivity contribution in [3.05, 3.63) is 34.3 Å². The minimum Gasteiger partial charge on any atom is -0.305 e. The van der Waals surface area contributed by atoms with Crippen LogP contribution in [0, 0.1) is 0 Å². The van der Waals surface area contributed by atoms with Crippen LogP contribution >= 0.6 is 11.6 Å². The predicted molar refractivity (Wildman–Crippen MR) is 63.2 cm³/mol. The van der Waals surface area contributed by atoms with Crippen molar-refractivity contribution in [2.75, 3.05) is 14.1 Å². The van der Waals surface area contributed by atoms with Crippen molar-refractivity contribution in [1.82, 2.24) is 4.90 Å². The van der Waals surface area contributed by atoms with Gasteiger partial charge in [0.25, 0.3) is 0 Å². The molecule has 3 heteroatoms. The minimum atomic E-state index is 0.159. The van der Waals surface area contributed by atoms with E-state index in [-0.39, 0.29) is 5.78 Å². The molecule has 0 atom stereocenters. The molecule has 15 heavy (non-hydrogen) atoms. The van der Waals surface area contributed by atoms with E-state index < -0.39 is 0 Å². The second kappa shape index (κ2) is 5.29. The smallest absolute Gasteiger partial charge is 0.134 e. The highest BCUT2D eigenvalue weighted by molar-refractivity contribution is 6.31. The molecule has 0 heterocycles. The number of ketones is 1. The molecule has 0 aliphatic rings. The fourth-order valence-electron chi connectivity index (χ4n) is 1.46. The van der Waals surface area contributed by atoms with Gasteiger partial charge in [-0.25, -0.2) is 0 Å². The second-order valence-electron chi connectivity index (χ2n) is 4.04. The monoisotopic (exact) mass is 225 g/mol. The second-order valence-corrected chi connectivity index (χ2v) is 4.45. The first-order chi connectivity index (χ1) is 6.99. The summed E-state index contributed by atoms with van der Waals surface area (Å²) in [6.07, 6.45) is 0.460. The third-order valence-electron chi connectivity index (χ3n) is 2.06. The molecule has 82 valence electrons. The first-order valence-electron chi connectivity index (χ1n) is 4.90. The number of Topliss-reactive ketones (excluding diaryl/α,β-unsaturated/α-hetero) is 1. The summed E-state index contributed by atoms with van der Waals surface area (Å²) < 4.78 is 0. The van der Waals surface area contributed by atoms with Gasteiger partial charge >= 0.3 is 0 Å². The van der Waals surface area contributed by atoms with E-state index in [4.69, 9.17) is 11.6 Å². The van der Waals surface area contributed by atoms with Crippen LogP contribution in [0.1, 0.15) is 18.1 Å². The fourth-order valence-corrected chi connectivity index (χ4v) is 1.72. The molecule has 0 saturated carbocycles. The van der Waals surface area contributed by atoms with E-state index >= 15 is 0 Å². The average Bonchev–Trinajstić information content (AvgIpc) is 2.08. The Hall–Kier alpha value is -0.860. The lowest BCUT2D eigenvalue weighted by atomic mass is 10.1. The summed E-state index contributed by atoms with van der Waals surface area (Å²) in [7, 11) is 4.00. The van der Waals surface area contributed by atoms with Crippen LogP contribution in [0.15, 0.2) is 18.2 Å². The maximum atomic E-state index is 10.9. The zero-order valence-electron chi connectivity index (χ0n) is 9.38. The molecule has 1 aromatic rings. The van der Waals surface area contributed by atoms with E-state index in [1.165, 1.54) is 0 Å². The van der Waals surface area contributed by atoms with Gasteiger partial charge in [-0.2, -0.15) is 0 Å². The van der Waals surface area contributed by atoms with Crippen LogP contribution in [0.4, 0.5) is 0 Å². The van der Waals surface area contributed by atoms with Gasteiger partial charge in [0.15, 0.2) is 0 Å². The van der Waals surface area contributed by atoms with E-state index in [1.54, 1.807) is 6.92 Å². The first kappa shape index (κ1) is 12.2. The van der Waals surface area contributed by atoms with Crippen LogP contribution in [-0.2, 0) is 17.8 Å². The van der Waals surface area contributed by atoms with E-state index in [1.807, 2.05) is 32.3 Å². The Labute approximate surface area is 95.8 Å². The molecule has 0 N–H and O–H groups in total. The lowest BCUT2D eigenvalue weighted by molar-refractivity contribution is -0.116. The third-order valence-corrected chi connectivity index (χ3v) is 2.41. The molecule has 0 amide bonds. The van der Waals surface area contributed by atoms with Crippen molar-refractivity contribution in [3.63, 3.8) is 0 Å². The summed E-state index contributed by atoms with van der Waals surface area (Å²) >= 11 is 6.12. The Morgan fingerprint density at radius 1 is 1.40 bits per heavy atom. The number of rotatable bonds is 4. The molecule has 0 saturated heterocycles. The number of hydrogen-bond donors (Lipinski definition) is 0. The molecule has 0 spiro atoms. The average molecular weight is 226 g/mol. The molecule has 0 unspecified atom stereocenters. The summed E-state index contributed by atoms with van der Waals surface area (Å²) in [5.41, 5.74) is 2.07. The molecule has 0 fully saturated rings. The number of halogens is 1. The van der Waals surface area contributed by atoms with Gasteiger partial charge in [0.1, 0.15) is 5.78 Å². The van der Waals surface area contributed by atoms with E-state index in [0.29, 0.717) is 6.42 Å². The topological polar surface area (TPSA) is 20.3 Å². The van der Waals surface area contributed by atoms with Crippen molar-refractivity contribution in [2.45, 2.75) is 19.9 Å². The highest BCUT2D eigenvalue weighted by Gasteiger charge is 2.04. The van der Waals surface area contributed by atoms with Gasteiger partial charge in [-0.3, -0.25) is 4.79 Å². The van der Waals surface area contributed by atoms with Crippen LogP contribution in [0.25, 0.3) is 0 Å². The minimum absolute atomic E-state index is 0.159. The summed E-state index contributed by atoms with van der Waals surface area (Å²) in [4.78, 5) is 13.0. The highest BCUT2D eigenvalue weighted by atomic mass is 35.5. The van der Waals surface area contributed by atoms with E-state index in [0.717, 1.165) is 22.7 Å². The SMILES string of the molecule is CC(=O)Cc1ccc(CN(C)C)c(Cl)c1. The van der Waals surface area contributed by atoms with Gasteiger partial charge in [0.2, 0.25) is 0 Å². The van der Waals surface area contributed by atoms with E-state index in [9.17, 15) is 4.79 Å². The van der Waals surface area contributed by atoms with Crippen LogP contribution in [0.2, 0.25) is 5.02 Å². The summed E-state index contributed by atoms with van der Waals surface area (Å²) in [5, 5.41) is 0.738. The third kappa shape index (κ3) is 4.02. The lowest BCUT2D eigenvalue weighted by Crippen LogP contribution is -2.11. The predicted octanol–water partition coefficient (Wildman–Crippen LogP) is 2.53. The fraction of sp³-hybridized carbons (Fsp3) is 0.417. The summed E-state index contributed by atoms with van der Waals surface area (Å²) in [6.45, 7) is 2.40. The quantitative estimate of drug-likeness (QED) is 0.785. The molecule has 1 aromatic carbocycles.